The van der Waals surface area contributed by atoms with Gasteiger partial charge in [-0.05, 0) is 31.1 Å². The number of ether oxygens (including phenoxy) is 1. The van der Waals surface area contributed by atoms with Crippen molar-refractivity contribution in [2.24, 2.45) is 11.1 Å². The normalized spacial score (nSPS) is 32.5. The van der Waals surface area contributed by atoms with Crippen molar-refractivity contribution >= 4 is 0 Å². The highest BCUT2D eigenvalue weighted by atomic mass is 16.5. The number of hydrogen-bond donors (Lipinski definition) is 1. The summed E-state index contributed by atoms with van der Waals surface area (Å²) in [5.74, 6) is 0. The zero-order valence-corrected chi connectivity index (χ0v) is 11.6. The van der Waals surface area contributed by atoms with Crippen LogP contribution in [0.25, 0.3) is 0 Å². The summed E-state index contributed by atoms with van der Waals surface area (Å²) in [6.45, 7) is 9.66. The summed E-state index contributed by atoms with van der Waals surface area (Å²) in [4.78, 5) is 2.65. The second kappa shape index (κ2) is 5.25. The van der Waals surface area contributed by atoms with E-state index in [9.17, 15) is 0 Å². The lowest BCUT2D eigenvalue weighted by Gasteiger charge is -2.44. The summed E-state index contributed by atoms with van der Waals surface area (Å²) in [5, 5.41) is 0. The molecule has 0 aromatic rings. The van der Waals surface area contributed by atoms with Crippen LogP contribution in [0.1, 0.15) is 46.5 Å². The van der Waals surface area contributed by atoms with Gasteiger partial charge in [0.25, 0.3) is 0 Å². The quantitative estimate of drug-likeness (QED) is 0.820. The molecule has 17 heavy (non-hydrogen) atoms. The number of hydrogen-bond acceptors (Lipinski definition) is 3. The molecule has 3 heteroatoms. The largest absolute Gasteiger partial charge is 0.375 e. The standard InChI is InChI=1S/C14H28N2O/c1-14(2,3)9-11(10-15)16-7-8-17-13-6-4-5-12(13)16/h11-13H,4-10,15H2,1-3H3. The molecule has 0 radical (unpaired) electrons. The van der Waals surface area contributed by atoms with Crippen molar-refractivity contribution in [1.82, 2.24) is 4.90 Å². The Morgan fingerprint density at radius 1 is 1.35 bits per heavy atom. The van der Waals surface area contributed by atoms with Crippen LogP contribution in [0.4, 0.5) is 0 Å². The van der Waals surface area contributed by atoms with E-state index < -0.39 is 0 Å². The summed E-state index contributed by atoms with van der Waals surface area (Å²) in [6.07, 6.45) is 5.53. The Morgan fingerprint density at radius 2 is 2.12 bits per heavy atom. The fourth-order valence-electron chi connectivity index (χ4n) is 3.45. The number of fused-ring (bicyclic) bond motifs is 1. The Balaban J connectivity index is 2.02. The highest BCUT2D eigenvalue weighted by molar-refractivity contribution is 4.93. The lowest BCUT2D eigenvalue weighted by molar-refractivity contribution is -0.0750. The van der Waals surface area contributed by atoms with Crippen molar-refractivity contribution in [1.29, 1.82) is 0 Å². The highest BCUT2D eigenvalue weighted by Gasteiger charge is 2.39. The van der Waals surface area contributed by atoms with Crippen molar-refractivity contribution < 1.29 is 4.74 Å². The highest BCUT2D eigenvalue weighted by Crippen LogP contribution is 2.33. The molecule has 1 saturated carbocycles. The van der Waals surface area contributed by atoms with Gasteiger partial charge in [0.05, 0.1) is 12.7 Å². The van der Waals surface area contributed by atoms with E-state index in [1.54, 1.807) is 0 Å². The van der Waals surface area contributed by atoms with E-state index in [-0.39, 0.29) is 0 Å². The number of morpholine rings is 1. The smallest absolute Gasteiger partial charge is 0.0731 e. The second-order valence-corrected chi connectivity index (χ2v) is 6.80. The van der Waals surface area contributed by atoms with E-state index in [4.69, 9.17) is 10.5 Å². The van der Waals surface area contributed by atoms with Crippen LogP contribution >= 0.6 is 0 Å². The molecule has 0 amide bonds. The molecule has 0 bridgehead atoms. The summed E-state index contributed by atoms with van der Waals surface area (Å²) >= 11 is 0. The maximum atomic E-state index is 6.01. The lowest BCUT2D eigenvalue weighted by Crippen LogP contribution is -2.55. The Kier molecular flexibility index (Phi) is 4.11. The first-order valence-electron chi connectivity index (χ1n) is 7.09. The molecule has 2 rings (SSSR count). The van der Waals surface area contributed by atoms with Crippen molar-refractivity contribution in [3.05, 3.63) is 0 Å². The zero-order chi connectivity index (χ0) is 12.5. The molecular formula is C14H28N2O. The van der Waals surface area contributed by atoms with Gasteiger partial charge in [-0.15, -0.1) is 0 Å². The van der Waals surface area contributed by atoms with Crippen LogP contribution in [0, 0.1) is 5.41 Å². The van der Waals surface area contributed by atoms with E-state index in [1.807, 2.05) is 0 Å². The van der Waals surface area contributed by atoms with Crippen LogP contribution in [-0.4, -0.2) is 42.8 Å². The molecule has 1 heterocycles. The van der Waals surface area contributed by atoms with Gasteiger partial charge in [-0.2, -0.15) is 0 Å². The summed E-state index contributed by atoms with van der Waals surface area (Å²) < 4.78 is 5.87. The van der Waals surface area contributed by atoms with Crippen molar-refractivity contribution in [2.45, 2.75) is 64.6 Å². The molecule has 0 aromatic carbocycles. The van der Waals surface area contributed by atoms with Crippen molar-refractivity contribution in [2.75, 3.05) is 19.7 Å². The molecule has 2 fully saturated rings. The molecule has 2 aliphatic rings. The predicted octanol–water partition coefficient (Wildman–Crippen LogP) is 2.00. The number of nitrogens with two attached hydrogens (primary N) is 1. The second-order valence-electron chi connectivity index (χ2n) is 6.80. The maximum Gasteiger partial charge on any atom is 0.0731 e. The number of rotatable bonds is 3. The van der Waals surface area contributed by atoms with Gasteiger partial charge in [0.1, 0.15) is 0 Å². The molecule has 0 aromatic heterocycles. The topological polar surface area (TPSA) is 38.5 Å². The van der Waals surface area contributed by atoms with E-state index in [1.165, 1.54) is 25.7 Å². The Morgan fingerprint density at radius 3 is 2.76 bits per heavy atom. The number of nitrogens with zero attached hydrogens (tertiary/aromatic N) is 1. The van der Waals surface area contributed by atoms with Crippen LogP contribution in [0.15, 0.2) is 0 Å². The molecular weight excluding hydrogens is 212 g/mol. The summed E-state index contributed by atoms with van der Waals surface area (Å²) in [5.41, 5.74) is 6.37. The SMILES string of the molecule is CC(C)(C)CC(CN)N1CCOC2CCCC21. The average Bonchev–Trinajstić information content (AvgIpc) is 2.72. The molecule has 3 nitrogen and oxygen atoms in total. The minimum Gasteiger partial charge on any atom is -0.375 e. The van der Waals surface area contributed by atoms with E-state index in [0.717, 1.165) is 19.7 Å². The third-order valence-corrected chi connectivity index (χ3v) is 4.11. The third kappa shape index (κ3) is 3.21. The predicted molar refractivity (Wildman–Crippen MR) is 71.0 cm³/mol. The summed E-state index contributed by atoms with van der Waals surface area (Å²) in [6, 6.07) is 1.17. The molecule has 3 unspecified atom stereocenters. The van der Waals surface area contributed by atoms with Crippen molar-refractivity contribution in [3.8, 4) is 0 Å². The Bertz CT molecular complexity index is 249. The van der Waals surface area contributed by atoms with Gasteiger partial charge in [0, 0.05) is 25.2 Å². The summed E-state index contributed by atoms with van der Waals surface area (Å²) in [7, 11) is 0. The fraction of sp³-hybridized carbons (Fsp3) is 1.00. The average molecular weight is 240 g/mol. The van der Waals surface area contributed by atoms with Gasteiger partial charge >= 0.3 is 0 Å². The fourth-order valence-corrected chi connectivity index (χ4v) is 3.45. The molecule has 1 aliphatic heterocycles. The van der Waals surface area contributed by atoms with Gasteiger partial charge in [0.15, 0.2) is 0 Å². The van der Waals surface area contributed by atoms with E-state index in [2.05, 4.69) is 25.7 Å². The Labute approximate surface area is 106 Å². The van der Waals surface area contributed by atoms with Gasteiger partial charge in [-0.25, -0.2) is 0 Å². The van der Waals surface area contributed by atoms with E-state index >= 15 is 0 Å². The van der Waals surface area contributed by atoms with Gasteiger partial charge in [-0.3, -0.25) is 4.90 Å². The van der Waals surface area contributed by atoms with E-state index in [0.29, 0.717) is 23.6 Å². The van der Waals surface area contributed by atoms with Crippen LogP contribution in [0.5, 0.6) is 0 Å². The molecule has 2 N–H and O–H groups in total. The van der Waals surface area contributed by atoms with Gasteiger partial charge < -0.3 is 10.5 Å². The van der Waals surface area contributed by atoms with Crippen LogP contribution in [-0.2, 0) is 4.74 Å². The van der Waals surface area contributed by atoms with Gasteiger partial charge in [0.2, 0.25) is 0 Å². The third-order valence-electron chi connectivity index (χ3n) is 4.11. The molecule has 100 valence electrons. The van der Waals surface area contributed by atoms with Crippen molar-refractivity contribution in [3.63, 3.8) is 0 Å². The molecule has 1 aliphatic carbocycles. The molecule has 1 saturated heterocycles. The zero-order valence-electron chi connectivity index (χ0n) is 11.6. The maximum absolute atomic E-state index is 6.01. The Hall–Kier alpha value is -0.120. The molecule has 0 spiro atoms. The minimum absolute atomic E-state index is 0.358. The first-order chi connectivity index (χ1) is 8.01. The first-order valence-corrected chi connectivity index (χ1v) is 7.09. The first kappa shape index (κ1) is 13.3. The minimum atomic E-state index is 0.358. The van der Waals surface area contributed by atoms with Crippen LogP contribution in [0.2, 0.25) is 0 Å². The monoisotopic (exact) mass is 240 g/mol. The van der Waals surface area contributed by atoms with Crippen LogP contribution in [0.3, 0.4) is 0 Å². The molecule has 3 atom stereocenters. The van der Waals surface area contributed by atoms with Crippen LogP contribution < -0.4 is 5.73 Å². The van der Waals surface area contributed by atoms with Gasteiger partial charge in [-0.1, -0.05) is 20.8 Å². The lowest BCUT2D eigenvalue weighted by atomic mass is 9.86.